The van der Waals surface area contributed by atoms with Crippen molar-refractivity contribution in [2.24, 2.45) is 0 Å². The molecule has 0 saturated carbocycles. The number of carbonyl (C=O) groups excluding carboxylic acids is 1. The van der Waals surface area contributed by atoms with Gasteiger partial charge in [0.25, 0.3) is 5.91 Å². The van der Waals surface area contributed by atoms with Gasteiger partial charge in [-0.3, -0.25) is 4.79 Å². The van der Waals surface area contributed by atoms with E-state index in [1.54, 1.807) is 26.8 Å². The number of rotatable bonds is 5. The second-order valence-corrected chi connectivity index (χ2v) is 7.38. The van der Waals surface area contributed by atoms with Crippen LogP contribution in [0, 0.1) is 0 Å². The minimum atomic E-state index is -0.0456. The third-order valence-corrected chi connectivity index (χ3v) is 5.49. The maximum atomic E-state index is 12.7. The van der Waals surface area contributed by atoms with Gasteiger partial charge >= 0.3 is 0 Å². The van der Waals surface area contributed by atoms with E-state index >= 15 is 0 Å². The molecule has 3 aromatic heterocycles. The Bertz CT molecular complexity index is 1080. The molecule has 1 saturated heterocycles. The molecule has 4 heterocycles. The first-order chi connectivity index (χ1) is 13.8. The standard InChI is InChI=1S/C18H16N8OS/c27-18(16-12-28-17(21-16)13-4-2-1-3-5-13)24-10-15(11-24)25-8-14(22-23-25)9-26-19-6-7-20-26/h1-8,12,15H,9-11H2. The van der Waals surface area contributed by atoms with Crippen LogP contribution in [0.5, 0.6) is 0 Å². The lowest BCUT2D eigenvalue weighted by Crippen LogP contribution is -2.51. The van der Waals surface area contributed by atoms with Gasteiger partial charge in [0.2, 0.25) is 0 Å². The Balaban J connectivity index is 1.21. The number of aromatic nitrogens is 7. The van der Waals surface area contributed by atoms with E-state index in [2.05, 4.69) is 25.5 Å². The molecule has 9 nitrogen and oxygen atoms in total. The van der Waals surface area contributed by atoms with Crippen molar-refractivity contribution in [1.29, 1.82) is 0 Å². The molecule has 1 fully saturated rings. The number of benzene rings is 1. The monoisotopic (exact) mass is 392 g/mol. The molecular formula is C18H16N8OS. The lowest BCUT2D eigenvalue weighted by Gasteiger charge is -2.38. The predicted molar refractivity (Wildman–Crippen MR) is 102 cm³/mol. The van der Waals surface area contributed by atoms with Crippen LogP contribution >= 0.6 is 11.3 Å². The van der Waals surface area contributed by atoms with Gasteiger partial charge in [-0.1, -0.05) is 35.5 Å². The van der Waals surface area contributed by atoms with Crippen LogP contribution in [0.2, 0.25) is 0 Å². The van der Waals surface area contributed by atoms with Crippen molar-refractivity contribution in [2.45, 2.75) is 12.6 Å². The Hall–Kier alpha value is -3.40. The minimum absolute atomic E-state index is 0.0456. The summed E-state index contributed by atoms with van der Waals surface area (Å²) in [6, 6.07) is 10.0. The molecule has 0 bridgehead atoms. The average Bonchev–Trinajstić information content (AvgIpc) is 3.44. The Morgan fingerprint density at radius 3 is 2.71 bits per heavy atom. The molecule has 0 unspecified atom stereocenters. The molecule has 5 rings (SSSR count). The van der Waals surface area contributed by atoms with Crippen molar-refractivity contribution in [2.75, 3.05) is 13.1 Å². The number of amides is 1. The van der Waals surface area contributed by atoms with E-state index in [1.807, 2.05) is 41.9 Å². The van der Waals surface area contributed by atoms with Gasteiger partial charge in [0.15, 0.2) is 0 Å². The van der Waals surface area contributed by atoms with Crippen molar-refractivity contribution >= 4 is 17.2 Å². The van der Waals surface area contributed by atoms with Crippen LogP contribution < -0.4 is 0 Å². The third kappa shape index (κ3) is 3.18. The number of likely N-dealkylation sites (tertiary alicyclic amines) is 1. The van der Waals surface area contributed by atoms with Crippen molar-refractivity contribution in [3.63, 3.8) is 0 Å². The summed E-state index contributed by atoms with van der Waals surface area (Å²) in [7, 11) is 0. The highest BCUT2D eigenvalue weighted by Gasteiger charge is 2.34. The van der Waals surface area contributed by atoms with E-state index in [9.17, 15) is 4.79 Å². The van der Waals surface area contributed by atoms with Crippen LogP contribution in [0.25, 0.3) is 10.6 Å². The van der Waals surface area contributed by atoms with E-state index in [1.165, 1.54) is 11.3 Å². The topological polar surface area (TPSA) is 94.6 Å². The molecule has 0 spiro atoms. The number of carbonyl (C=O) groups is 1. The van der Waals surface area contributed by atoms with Crippen LogP contribution in [0.1, 0.15) is 22.2 Å². The summed E-state index contributed by atoms with van der Waals surface area (Å²) in [6.07, 6.45) is 5.13. The highest BCUT2D eigenvalue weighted by molar-refractivity contribution is 7.13. The molecule has 0 radical (unpaired) electrons. The number of hydrogen-bond donors (Lipinski definition) is 0. The van der Waals surface area contributed by atoms with Crippen LogP contribution in [-0.4, -0.2) is 58.9 Å². The Labute approximate surface area is 164 Å². The van der Waals surface area contributed by atoms with E-state index < -0.39 is 0 Å². The zero-order valence-electron chi connectivity index (χ0n) is 14.8. The lowest BCUT2D eigenvalue weighted by molar-refractivity contribution is 0.0493. The van der Waals surface area contributed by atoms with Crippen LogP contribution in [-0.2, 0) is 6.54 Å². The Morgan fingerprint density at radius 2 is 1.93 bits per heavy atom. The molecule has 4 aromatic rings. The maximum absolute atomic E-state index is 12.7. The molecule has 0 atom stereocenters. The molecule has 1 amide bonds. The predicted octanol–water partition coefficient (Wildman–Crippen LogP) is 1.74. The molecule has 10 heteroatoms. The summed E-state index contributed by atoms with van der Waals surface area (Å²) in [4.78, 5) is 20.5. The van der Waals surface area contributed by atoms with E-state index in [0.29, 0.717) is 25.3 Å². The largest absolute Gasteiger partial charge is 0.333 e. The van der Waals surface area contributed by atoms with Gasteiger partial charge in [0.1, 0.15) is 22.9 Å². The normalized spacial score (nSPS) is 14.2. The van der Waals surface area contributed by atoms with Crippen LogP contribution in [0.15, 0.2) is 54.3 Å². The number of nitrogens with zero attached hydrogens (tertiary/aromatic N) is 8. The average molecular weight is 392 g/mol. The summed E-state index contributed by atoms with van der Waals surface area (Å²) >= 11 is 1.48. The fourth-order valence-corrected chi connectivity index (χ4v) is 3.87. The van der Waals surface area contributed by atoms with Crippen molar-refractivity contribution in [1.82, 2.24) is 39.9 Å². The zero-order chi connectivity index (χ0) is 18.9. The van der Waals surface area contributed by atoms with Crippen molar-refractivity contribution in [3.05, 3.63) is 65.7 Å². The zero-order valence-corrected chi connectivity index (χ0v) is 15.6. The van der Waals surface area contributed by atoms with Gasteiger partial charge < -0.3 is 4.90 Å². The quantitative estimate of drug-likeness (QED) is 0.513. The van der Waals surface area contributed by atoms with Crippen LogP contribution in [0.4, 0.5) is 0 Å². The van der Waals surface area contributed by atoms with Crippen LogP contribution in [0.3, 0.4) is 0 Å². The molecule has 1 aliphatic heterocycles. The first kappa shape index (κ1) is 16.8. The maximum Gasteiger partial charge on any atom is 0.273 e. The Kier molecular flexibility index (Phi) is 4.17. The van der Waals surface area contributed by atoms with Gasteiger partial charge in [0.05, 0.1) is 24.6 Å². The minimum Gasteiger partial charge on any atom is -0.333 e. The van der Waals surface area contributed by atoms with Gasteiger partial charge in [-0.2, -0.15) is 15.0 Å². The fraction of sp³-hybridized carbons (Fsp3) is 0.222. The summed E-state index contributed by atoms with van der Waals surface area (Å²) in [6.45, 7) is 1.67. The number of thiazole rings is 1. The highest BCUT2D eigenvalue weighted by Crippen LogP contribution is 2.27. The van der Waals surface area contributed by atoms with Gasteiger partial charge in [-0.05, 0) is 0 Å². The molecule has 28 heavy (non-hydrogen) atoms. The second-order valence-electron chi connectivity index (χ2n) is 6.52. The van der Waals surface area contributed by atoms with E-state index in [0.717, 1.165) is 16.3 Å². The van der Waals surface area contributed by atoms with Crippen molar-refractivity contribution in [3.8, 4) is 10.6 Å². The second kappa shape index (κ2) is 6.97. The molecule has 1 aliphatic rings. The Morgan fingerprint density at radius 1 is 1.14 bits per heavy atom. The lowest BCUT2D eigenvalue weighted by atomic mass is 10.1. The van der Waals surface area contributed by atoms with Gasteiger partial charge in [-0.15, -0.1) is 16.4 Å². The van der Waals surface area contributed by atoms with E-state index in [4.69, 9.17) is 0 Å². The van der Waals surface area contributed by atoms with Gasteiger partial charge in [-0.25, -0.2) is 9.67 Å². The summed E-state index contributed by atoms with van der Waals surface area (Å²) in [5.74, 6) is -0.0456. The molecule has 140 valence electrons. The molecule has 0 N–H and O–H groups in total. The van der Waals surface area contributed by atoms with Crippen molar-refractivity contribution < 1.29 is 4.79 Å². The molecular weight excluding hydrogens is 376 g/mol. The molecule has 0 aliphatic carbocycles. The SMILES string of the molecule is O=C(c1csc(-c2ccccc2)n1)N1CC(n2cc(Cn3nccn3)nn2)C1. The van der Waals surface area contributed by atoms with E-state index in [-0.39, 0.29) is 11.9 Å². The third-order valence-electron chi connectivity index (χ3n) is 4.60. The smallest absolute Gasteiger partial charge is 0.273 e. The van der Waals surface area contributed by atoms with Gasteiger partial charge in [0, 0.05) is 24.0 Å². The summed E-state index contributed by atoms with van der Waals surface area (Å²) in [5.41, 5.74) is 2.30. The summed E-state index contributed by atoms with van der Waals surface area (Å²) < 4.78 is 1.80. The number of hydrogen-bond acceptors (Lipinski definition) is 7. The summed E-state index contributed by atoms with van der Waals surface area (Å²) in [5, 5.41) is 19.1. The molecule has 1 aromatic carbocycles. The first-order valence-electron chi connectivity index (χ1n) is 8.81. The fourth-order valence-electron chi connectivity index (χ4n) is 3.07. The first-order valence-corrected chi connectivity index (χ1v) is 9.69. The highest BCUT2D eigenvalue weighted by atomic mass is 32.1.